The number of carbonyl (C=O) groups excluding carboxylic acids is 1. The fourth-order valence-electron chi connectivity index (χ4n) is 2.34. The van der Waals surface area contributed by atoms with Crippen molar-refractivity contribution in [3.63, 3.8) is 0 Å². The van der Waals surface area contributed by atoms with Crippen molar-refractivity contribution in [2.45, 2.75) is 0 Å². The Hall–Kier alpha value is -2.71. The van der Waals surface area contributed by atoms with Crippen LogP contribution in [0.1, 0.15) is 0 Å². The normalized spacial score (nSPS) is 10.5. The molecule has 2 aromatic carbocycles. The second-order valence-corrected chi connectivity index (χ2v) is 6.58. The Balaban J connectivity index is 1.80. The Labute approximate surface area is 158 Å². The number of fused-ring (bicyclic) bond motifs is 1. The van der Waals surface area contributed by atoms with Crippen molar-refractivity contribution in [1.82, 2.24) is 4.98 Å². The van der Waals surface area contributed by atoms with Crippen molar-refractivity contribution in [1.29, 1.82) is 0 Å². The number of hydrogen-bond acceptors (Lipinski definition) is 6. The van der Waals surface area contributed by atoms with Gasteiger partial charge >= 0.3 is 6.03 Å². The molecule has 9 heteroatoms. The molecular weight excluding hydrogens is 378 g/mol. The first kappa shape index (κ1) is 18.1. The van der Waals surface area contributed by atoms with E-state index in [2.05, 4.69) is 15.6 Å². The molecule has 0 bridgehead atoms. The molecule has 136 valence electrons. The van der Waals surface area contributed by atoms with Crippen LogP contribution in [0.15, 0.2) is 30.3 Å². The number of nitrogens with zero attached hydrogens (tertiary/aromatic N) is 1. The largest absolute Gasteiger partial charge is 0.495 e. The average molecular weight is 394 g/mol. The zero-order valence-corrected chi connectivity index (χ0v) is 15.8. The van der Waals surface area contributed by atoms with Crippen LogP contribution in [-0.2, 0) is 0 Å². The molecule has 0 saturated carbocycles. The van der Waals surface area contributed by atoms with Gasteiger partial charge in [-0.3, -0.25) is 5.32 Å². The third-order valence-electron chi connectivity index (χ3n) is 3.52. The number of rotatable bonds is 5. The molecule has 0 spiro atoms. The summed E-state index contributed by atoms with van der Waals surface area (Å²) in [6.45, 7) is 0. The van der Waals surface area contributed by atoms with Gasteiger partial charge in [-0.15, -0.1) is 0 Å². The summed E-state index contributed by atoms with van der Waals surface area (Å²) in [5, 5.41) is 6.33. The van der Waals surface area contributed by atoms with Crippen molar-refractivity contribution in [2.75, 3.05) is 32.0 Å². The molecule has 2 amide bonds. The van der Waals surface area contributed by atoms with Crippen LogP contribution in [0.25, 0.3) is 10.2 Å². The van der Waals surface area contributed by atoms with Crippen LogP contribution in [0.5, 0.6) is 17.2 Å². The van der Waals surface area contributed by atoms with Gasteiger partial charge in [0.05, 0.1) is 37.2 Å². The average Bonchev–Trinajstić information content (AvgIpc) is 3.01. The smallest absolute Gasteiger partial charge is 0.325 e. The fourth-order valence-corrected chi connectivity index (χ4v) is 3.38. The summed E-state index contributed by atoms with van der Waals surface area (Å²) < 4.78 is 16.6. The number of ether oxygens (including phenoxy) is 3. The highest BCUT2D eigenvalue weighted by molar-refractivity contribution is 7.22. The van der Waals surface area contributed by atoms with Gasteiger partial charge in [0.25, 0.3) is 0 Å². The van der Waals surface area contributed by atoms with E-state index in [0.717, 1.165) is 4.70 Å². The third-order valence-corrected chi connectivity index (χ3v) is 4.69. The highest BCUT2D eigenvalue weighted by atomic mass is 35.5. The van der Waals surface area contributed by atoms with Crippen molar-refractivity contribution in [3.8, 4) is 17.2 Å². The lowest BCUT2D eigenvalue weighted by Crippen LogP contribution is -2.19. The molecule has 2 N–H and O–H groups in total. The number of methoxy groups -OCH3 is 3. The van der Waals surface area contributed by atoms with Crippen molar-refractivity contribution >= 4 is 50.0 Å². The Kier molecular flexibility index (Phi) is 5.34. The molecule has 0 unspecified atom stereocenters. The van der Waals surface area contributed by atoms with E-state index in [1.54, 1.807) is 38.5 Å². The lowest BCUT2D eigenvalue weighted by Gasteiger charge is -2.10. The molecule has 0 aliphatic carbocycles. The highest BCUT2D eigenvalue weighted by Crippen LogP contribution is 2.36. The topological polar surface area (TPSA) is 81.7 Å². The van der Waals surface area contributed by atoms with Crippen LogP contribution < -0.4 is 24.8 Å². The molecule has 3 aromatic rings. The number of anilines is 2. The van der Waals surface area contributed by atoms with E-state index in [0.29, 0.717) is 38.6 Å². The molecule has 0 atom stereocenters. The Morgan fingerprint density at radius 3 is 2.38 bits per heavy atom. The van der Waals surface area contributed by atoms with E-state index in [1.165, 1.54) is 18.4 Å². The van der Waals surface area contributed by atoms with E-state index in [-0.39, 0.29) is 0 Å². The second-order valence-electron chi connectivity index (χ2n) is 5.12. The van der Waals surface area contributed by atoms with E-state index in [4.69, 9.17) is 25.8 Å². The van der Waals surface area contributed by atoms with Gasteiger partial charge in [0.2, 0.25) is 0 Å². The first-order chi connectivity index (χ1) is 12.5. The zero-order chi connectivity index (χ0) is 18.7. The Morgan fingerprint density at radius 2 is 1.69 bits per heavy atom. The van der Waals surface area contributed by atoms with Gasteiger partial charge < -0.3 is 19.5 Å². The molecule has 26 heavy (non-hydrogen) atoms. The van der Waals surface area contributed by atoms with Gasteiger partial charge in [0.1, 0.15) is 5.75 Å². The number of benzene rings is 2. The highest BCUT2D eigenvalue weighted by Gasteiger charge is 2.13. The maximum Gasteiger partial charge on any atom is 0.325 e. The maximum absolute atomic E-state index is 12.3. The molecule has 1 aromatic heterocycles. The molecule has 0 radical (unpaired) electrons. The minimum atomic E-state index is -0.455. The Bertz CT molecular complexity index is 920. The number of hydrogen-bond donors (Lipinski definition) is 2. The fraction of sp³-hybridized carbons (Fsp3) is 0.176. The van der Waals surface area contributed by atoms with Crippen LogP contribution in [0.4, 0.5) is 15.6 Å². The molecule has 0 aliphatic heterocycles. The van der Waals surface area contributed by atoms with Gasteiger partial charge in [-0.1, -0.05) is 22.9 Å². The first-order valence-corrected chi connectivity index (χ1v) is 8.67. The Morgan fingerprint density at radius 1 is 1.00 bits per heavy atom. The van der Waals surface area contributed by atoms with Crippen LogP contribution >= 0.6 is 22.9 Å². The number of aromatic nitrogens is 1. The summed E-state index contributed by atoms with van der Waals surface area (Å²) in [5.41, 5.74) is 1.16. The minimum Gasteiger partial charge on any atom is -0.495 e. The van der Waals surface area contributed by atoms with E-state index < -0.39 is 6.03 Å². The predicted molar refractivity (Wildman–Crippen MR) is 103 cm³/mol. The molecule has 3 rings (SSSR count). The number of carbonyl (C=O) groups is 1. The summed E-state index contributed by atoms with van der Waals surface area (Å²) in [4.78, 5) is 16.7. The SMILES string of the molecule is COc1ccc(Cl)cc1NC(=O)Nc1nc2cc(OC)c(OC)cc2s1. The number of amides is 2. The molecular formula is C17H16ClN3O4S. The third kappa shape index (κ3) is 3.76. The molecule has 0 fully saturated rings. The number of urea groups is 1. The summed E-state index contributed by atoms with van der Waals surface area (Å²) in [7, 11) is 4.64. The van der Waals surface area contributed by atoms with E-state index in [1.807, 2.05) is 6.07 Å². The van der Waals surface area contributed by atoms with Crippen molar-refractivity contribution in [2.24, 2.45) is 0 Å². The van der Waals surface area contributed by atoms with Gasteiger partial charge in [0, 0.05) is 17.2 Å². The lowest BCUT2D eigenvalue weighted by molar-refractivity contribution is 0.262. The van der Waals surface area contributed by atoms with Crippen LogP contribution in [0.3, 0.4) is 0 Å². The molecule has 1 heterocycles. The first-order valence-electron chi connectivity index (χ1n) is 7.48. The van der Waals surface area contributed by atoms with Gasteiger partial charge in [0.15, 0.2) is 16.6 Å². The zero-order valence-electron chi connectivity index (χ0n) is 14.3. The van der Waals surface area contributed by atoms with Crippen LogP contribution in [-0.4, -0.2) is 32.3 Å². The number of thiazole rings is 1. The molecule has 7 nitrogen and oxygen atoms in total. The standard InChI is InChI=1S/C17H16ClN3O4S/c1-23-12-5-4-9(18)6-10(12)19-16(22)21-17-20-11-7-13(24-2)14(25-3)8-15(11)26-17/h4-8H,1-3H3,(H2,19,20,21,22). The summed E-state index contributed by atoms with van der Waals surface area (Å²) in [6.07, 6.45) is 0. The second kappa shape index (κ2) is 7.67. The van der Waals surface area contributed by atoms with Gasteiger partial charge in [-0.2, -0.15) is 0 Å². The number of nitrogens with one attached hydrogen (secondary N) is 2. The van der Waals surface area contributed by atoms with Crippen LogP contribution in [0.2, 0.25) is 5.02 Å². The van der Waals surface area contributed by atoms with Crippen LogP contribution in [0, 0.1) is 0 Å². The predicted octanol–water partition coefficient (Wildman–Crippen LogP) is 4.62. The van der Waals surface area contributed by atoms with Crippen molar-refractivity contribution < 1.29 is 19.0 Å². The lowest BCUT2D eigenvalue weighted by atomic mass is 10.3. The van der Waals surface area contributed by atoms with Gasteiger partial charge in [-0.25, -0.2) is 9.78 Å². The minimum absolute atomic E-state index is 0.439. The monoisotopic (exact) mass is 393 g/mol. The quantitative estimate of drug-likeness (QED) is 0.661. The summed E-state index contributed by atoms with van der Waals surface area (Å²) >= 11 is 7.29. The number of halogens is 1. The van der Waals surface area contributed by atoms with E-state index in [9.17, 15) is 4.79 Å². The summed E-state index contributed by atoms with van der Waals surface area (Å²) in [5.74, 6) is 1.68. The van der Waals surface area contributed by atoms with Crippen molar-refractivity contribution in [3.05, 3.63) is 35.4 Å². The van der Waals surface area contributed by atoms with E-state index >= 15 is 0 Å². The maximum atomic E-state index is 12.3. The summed E-state index contributed by atoms with van der Waals surface area (Å²) in [6, 6.07) is 8.08. The molecule has 0 aliphatic rings. The molecule has 0 saturated heterocycles. The van der Waals surface area contributed by atoms with Gasteiger partial charge in [-0.05, 0) is 18.2 Å².